The van der Waals surface area contributed by atoms with Gasteiger partial charge in [-0.2, -0.15) is 0 Å². The molecule has 2 N–H and O–H groups in total. The first-order chi connectivity index (χ1) is 15.6. The van der Waals surface area contributed by atoms with Crippen LogP contribution in [0.1, 0.15) is 42.1 Å². The molecular weight excluding hydrogens is 402 g/mol. The lowest BCUT2D eigenvalue weighted by atomic mass is 9.86. The van der Waals surface area contributed by atoms with E-state index >= 15 is 0 Å². The molecule has 1 aromatic heterocycles. The Kier molecular flexibility index (Phi) is 5.18. The highest BCUT2D eigenvalue weighted by molar-refractivity contribution is 5.97. The van der Waals surface area contributed by atoms with Gasteiger partial charge in [0.15, 0.2) is 5.60 Å². The number of nitrogens with one attached hydrogen (secondary N) is 1. The van der Waals surface area contributed by atoms with E-state index in [1.165, 1.54) is 0 Å². The van der Waals surface area contributed by atoms with Crippen molar-refractivity contribution in [1.82, 2.24) is 9.47 Å². The standard InChI is InChI=1S/C26H29N3O3/c1-3-19-7-8-20(16-22(19)31-2)25(27)28-13-10-26(11-14-28)24-5-4-12-29(24)21-9-6-18(17-30)15-23(21)32-26/h4-9,12,15-16,27,30H,3,10-11,13-14,17H2,1-2H3. The zero-order chi connectivity index (χ0) is 22.3. The van der Waals surface area contributed by atoms with Crippen LogP contribution in [0.25, 0.3) is 5.69 Å². The van der Waals surface area contributed by atoms with E-state index < -0.39 is 5.60 Å². The van der Waals surface area contributed by atoms with E-state index in [2.05, 4.69) is 40.8 Å². The summed E-state index contributed by atoms with van der Waals surface area (Å²) in [5, 5.41) is 18.4. The Balaban J connectivity index is 1.39. The van der Waals surface area contributed by atoms with Gasteiger partial charge in [0, 0.05) is 37.7 Å². The van der Waals surface area contributed by atoms with Gasteiger partial charge in [-0.15, -0.1) is 0 Å². The molecule has 0 aliphatic carbocycles. The maximum atomic E-state index is 9.57. The van der Waals surface area contributed by atoms with E-state index in [1.807, 2.05) is 30.3 Å². The van der Waals surface area contributed by atoms with Gasteiger partial charge in [-0.25, -0.2) is 0 Å². The molecule has 32 heavy (non-hydrogen) atoms. The summed E-state index contributed by atoms with van der Waals surface area (Å²) < 4.78 is 14.4. The summed E-state index contributed by atoms with van der Waals surface area (Å²) in [6, 6.07) is 16.1. The average Bonchev–Trinajstić information content (AvgIpc) is 3.35. The molecule has 0 unspecified atom stereocenters. The van der Waals surface area contributed by atoms with Crippen LogP contribution in [-0.2, 0) is 18.6 Å². The zero-order valence-electron chi connectivity index (χ0n) is 18.6. The Labute approximate surface area is 188 Å². The lowest BCUT2D eigenvalue weighted by Crippen LogP contribution is -2.50. The molecule has 5 rings (SSSR count). The molecule has 0 saturated carbocycles. The molecular formula is C26H29N3O3. The fourth-order valence-corrected chi connectivity index (χ4v) is 4.98. The van der Waals surface area contributed by atoms with Crippen molar-refractivity contribution in [2.45, 2.75) is 38.4 Å². The van der Waals surface area contributed by atoms with Crippen LogP contribution in [-0.4, -0.2) is 40.6 Å². The highest BCUT2D eigenvalue weighted by Gasteiger charge is 2.44. The molecule has 1 fully saturated rings. The minimum Gasteiger partial charge on any atom is -0.496 e. The molecule has 166 valence electrons. The van der Waals surface area contributed by atoms with Crippen LogP contribution < -0.4 is 9.47 Å². The van der Waals surface area contributed by atoms with E-state index in [0.29, 0.717) is 5.84 Å². The number of aromatic nitrogens is 1. The van der Waals surface area contributed by atoms with Crippen LogP contribution in [0.4, 0.5) is 0 Å². The monoisotopic (exact) mass is 431 g/mol. The third-order valence-electron chi connectivity index (χ3n) is 6.82. The molecule has 1 spiro atoms. The van der Waals surface area contributed by atoms with Crippen LogP contribution >= 0.6 is 0 Å². The van der Waals surface area contributed by atoms with Gasteiger partial charge >= 0.3 is 0 Å². The number of ether oxygens (including phenoxy) is 2. The van der Waals surface area contributed by atoms with Crippen LogP contribution in [0.15, 0.2) is 54.7 Å². The Morgan fingerprint density at radius 3 is 2.69 bits per heavy atom. The fraction of sp³-hybridized carbons (Fsp3) is 0.346. The van der Waals surface area contributed by atoms with Crippen LogP contribution in [0, 0.1) is 5.41 Å². The summed E-state index contributed by atoms with van der Waals surface area (Å²) >= 11 is 0. The number of benzene rings is 2. The van der Waals surface area contributed by atoms with Gasteiger partial charge in [-0.05, 0) is 47.9 Å². The number of methoxy groups -OCH3 is 1. The number of aliphatic hydroxyl groups is 1. The van der Waals surface area contributed by atoms with Crippen molar-refractivity contribution in [3.63, 3.8) is 0 Å². The number of aryl methyl sites for hydroxylation is 1. The predicted molar refractivity (Wildman–Crippen MR) is 124 cm³/mol. The number of hydrogen-bond donors (Lipinski definition) is 2. The maximum Gasteiger partial charge on any atom is 0.153 e. The maximum absolute atomic E-state index is 9.57. The van der Waals surface area contributed by atoms with Gasteiger partial charge in [-0.1, -0.05) is 25.1 Å². The minimum atomic E-state index is -0.425. The molecule has 2 aromatic carbocycles. The van der Waals surface area contributed by atoms with Crippen LogP contribution in [0.3, 0.4) is 0 Å². The summed E-state index contributed by atoms with van der Waals surface area (Å²) in [4.78, 5) is 2.13. The van der Waals surface area contributed by atoms with Crippen molar-refractivity contribution in [3.05, 3.63) is 77.1 Å². The van der Waals surface area contributed by atoms with Gasteiger partial charge < -0.3 is 24.0 Å². The largest absolute Gasteiger partial charge is 0.496 e. The fourth-order valence-electron chi connectivity index (χ4n) is 4.98. The molecule has 2 aliphatic rings. The Morgan fingerprint density at radius 1 is 1.16 bits per heavy atom. The van der Waals surface area contributed by atoms with Crippen LogP contribution in [0.5, 0.6) is 11.5 Å². The lowest BCUT2D eigenvalue weighted by Gasteiger charge is -2.45. The molecule has 3 heterocycles. The van der Waals surface area contributed by atoms with E-state index in [1.54, 1.807) is 7.11 Å². The molecule has 0 bridgehead atoms. The second kappa shape index (κ2) is 8.02. The first kappa shape index (κ1) is 20.6. The zero-order valence-corrected chi connectivity index (χ0v) is 18.6. The number of piperidine rings is 1. The van der Waals surface area contributed by atoms with Crippen molar-refractivity contribution in [2.75, 3.05) is 20.2 Å². The molecule has 2 aliphatic heterocycles. The number of fused-ring (bicyclic) bond motifs is 4. The summed E-state index contributed by atoms with van der Waals surface area (Å²) in [6.07, 6.45) is 4.55. The summed E-state index contributed by atoms with van der Waals surface area (Å²) in [7, 11) is 1.68. The Hall–Kier alpha value is -3.25. The highest BCUT2D eigenvalue weighted by atomic mass is 16.5. The first-order valence-corrected chi connectivity index (χ1v) is 11.2. The van der Waals surface area contributed by atoms with Crippen molar-refractivity contribution >= 4 is 5.84 Å². The third kappa shape index (κ3) is 3.26. The molecule has 3 aromatic rings. The highest BCUT2D eigenvalue weighted by Crippen LogP contribution is 2.45. The smallest absolute Gasteiger partial charge is 0.153 e. The summed E-state index contributed by atoms with van der Waals surface area (Å²) in [5.41, 5.74) is 4.61. The van der Waals surface area contributed by atoms with E-state index in [0.717, 1.165) is 71.9 Å². The van der Waals surface area contributed by atoms with Crippen LogP contribution in [0.2, 0.25) is 0 Å². The number of amidine groups is 1. The number of nitrogens with zero attached hydrogens (tertiary/aromatic N) is 2. The molecule has 6 heteroatoms. The second-order valence-electron chi connectivity index (χ2n) is 8.54. The van der Waals surface area contributed by atoms with Crippen molar-refractivity contribution in [2.24, 2.45) is 0 Å². The second-order valence-corrected chi connectivity index (χ2v) is 8.54. The Bertz CT molecular complexity index is 1160. The van der Waals surface area contributed by atoms with Crippen molar-refractivity contribution in [3.8, 4) is 17.2 Å². The molecule has 0 amide bonds. The predicted octanol–water partition coefficient (Wildman–Crippen LogP) is 4.25. The number of rotatable bonds is 4. The van der Waals surface area contributed by atoms with Gasteiger partial charge in [-0.3, -0.25) is 5.41 Å². The molecule has 6 nitrogen and oxygen atoms in total. The van der Waals surface area contributed by atoms with Crippen molar-refractivity contribution < 1.29 is 14.6 Å². The minimum absolute atomic E-state index is 0.00655. The Morgan fingerprint density at radius 2 is 1.97 bits per heavy atom. The summed E-state index contributed by atoms with van der Waals surface area (Å²) in [6.45, 7) is 3.57. The van der Waals surface area contributed by atoms with Crippen molar-refractivity contribution in [1.29, 1.82) is 5.41 Å². The van der Waals surface area contributed by atoms with Gasteiger partial charge in [0.05, 0.1) is 25.1 Å². The SMILES string of the molecule is CCc1ccc(C(=N)N2CCC3(CC2)Oc2cc(CO)ccc2-n2cccc23)cc1OC. The average molecular weight is 432 g/mol. The van der Waals surface area contributed by atoms with E-state index in [4.69, 9.17) is 14.9 Å². The summed E-state index contributed by atoms with van der Waals surface area (Å²) in [5.74, 6) is 2.17. The lowest BCUT2D eigenvalue weighted by molar-refractivity contribution is 0.00133. The molecule has 0 radical (unpaired) electrons. The number of hydrogen-bond acceptors (Lipinski definition) is 4. The van der Waals surface area contributed by atoms with Gasteiger partial charge in [0.1, 0.15) is 17.3 Å². The first-order valence-electron chi connectivity index (χ1n) is 11.2. The topological polar surface area (TPSA) is 70.7 Å². The number of likely N-dealkylation sites (tertiary alicyclic amines) is 1. The molecule has 1 saturated heterocycles. The number of aliphatic hydroxyl groups excluding tert-OH is 1. The quantitative estimate of drug-likeness (QED) is 0.479. The van der Waals surface area contributed by atoms with E-state index in [9.17, 15) is 5.11 Å². The third-order valence-corrected chi connectivity index (χ3v) is 6.82. The van der Waals surface area contributed by atoms with Gasteiger partial charge in [0.2, 0.25) is 0 Å². The normalized spacial score (nSPS) is 16.3. The molecule has 0 atom stereocenters. The van der Waals surface area contributed by atoms with Gasteiger partial charge in [0.25, 0.3) is 0 Å². The van der Waals surface area contributed by atoms with E-state index in [-0.39, 0.29) is 6.61 Å².